The first-order valence-electron chi connectivity index (χ1n) is 21.1. The Morgan fingerprint density at radius 1 is 0.510 bits per heavy atom. The summed E-state index contributed by atoms with van der Waals surface area (Å²) in [4.78, 5) is 42.8. The quantitative estimate of drug-likeness (QED) is 0.0276. The van der Waals surface area contributed by atoms with Crippen LogP contribution in [0, 0.1) is 0 Å². The smallest absolute Gasteiger partial charge is 0.462 e. The van der Waals surface area contributed by atoms with E-state index >= 15 is 0 Å². The molecule has 8 nitrogen and oxygen atoms in total. The molecule has 0 spiro atoms. The molecule has 0 aliphatic carbocycles. The Kier molecular flexibility index (Phi) is 37.2. The van der Waals surface area contributed by atoms with Crippen LogP contribution < -0.4 is 0 Å². The van der Waals surface area contributed by atoms with Gasteiger partial charge in [-0.2, -0.15) is 0 Å². The number of carbonyl (C=O) groups excluding carboxylic acids is 2. The molecule has 0 bridgehead atoms. The zero-order valence-corrected chi connectivity index (χ0v) is 33.9. The van der Waals surface area contributed by atoms with Crippen molar-refractivity contribution in [2.75, 3.05) is 13.2 Å². The molecule has 51 heavy (non-hydrogen) atoms. The summed E-state index contributed by atoms with van der Waals surface area (Å²) in [5.41, 5.74) is 0. The van der Waals surface area contributed by atoms with Gasteiger partial charge in [-0.25, -0.2) is 4.57 Å². The van der Waals surface area contributed by atoms with Crippen molar-refractivity contribution in [1.82, 2.24) is 0 Å². The molecular weight excluding hydrogens is 663 g/mol. The van der Waals surface area contributed by atoms with Crippen molar-refractivity contribution >= 4 is 19.8 Å². The number of rotatable bonds is 39. The maximum Gasteiger partial charge on any atom is 0.469 e. The third-order valence-corrected chi connectivity index (χ3v) is 9.71. The Bertz CT molecular complexity index is 884. The fraction of sp³-hybridized carbons (Fsp3) is 0.857. The second-order valence-corrected chi connectivity index (χ2v) is 15.6. The standard InChI is InChI=1S/C42H79O8P/c1-3-5-7-9-11-13-15-17-19-21-23-25-27-29-31-33-35-37-42(44)50-40(39-49-51(45,46)47)38-48-41(43)36-34-32-30-28-26-24-22-20-18-16-14-12-10-8-6-4-2/h11,13,17,19,40H,3-10,12,14-16,18,20-39H2,1-2H3,(H2,45,46,47)/b13-11-,19-17-. The van der Waals surface area contributed by atoms with E-state index in [4.69, 9.17) is 19.3 Å². The van der Waals surface area contributed by atoms with Crippen LogP contribution in [-0.4, -0.2) is 41.0 Å². The van der Waals surface area contributed by atoms with Gasteiger partial charge in [-0.15, -0.1) is 0 Å². The second-order valence-electron chi connectivity index (χ2n) is 14.3. The van der Waals surface area contributed by atoms with Crippen molar-refractivity contribution in [2.45, 2.75) is 219 Å². The predicted octanol–water partition coefficient (Wildman–Crippen LogP) is 12.8. The first kappa shape index (κ1) is 49.5. The van der Waals surface area contributed by atoms with E-state index in [1.165, 1.54) is 128 Å². The maximum atomic E-state index is 12.4. The summed E-state index contributed by atoms with van der Waals surface area (Å²) < 4.78 is 26.4. The van der Waals surface area contributed by atoms with E-state index in [2.05, 4.69) is 42.7 Å². The first-order chi connectivity index (χ1) is 24.8. The van der Waals surface area contributed by atoms with Crippen molar-refractivity contribution in [2.24, 2.45) is 0 Å². The molecule has 0 aromatic carbocycles. The molecule has 0 amide bonds. The largest absolute Gasteiger partial charge is 0.469 e. The predicted molar refractivity (Wildman–Crippen MR) is 212 cm³/mol. The van der Waals surface area contributed by atoms with Gasteiger partial charge in [0.15, 0.2) is 6.10 Å². The number of carbonyl (C=O) groups is 2. The zero-order chi connectivity index (χ0) is 37.5. The van der Waals surface area contributed by atoms with Gasteiger partial charge >= 0.3 is 19.8 Å². The lowest BCUT2D eigenvalue weighted by Crippen LogP contribution is -2.29. The fourth-order valence-electron chi connectivity index (χ4n) is 6.05. The van der Waals surface area contributed by atoms with Gasteiger partial charge in [0.25, 0.3) is 0 Å². The highest BCUT2D eigenvalue weighted by Crippen LogP contribution is 2.36. The van der Waals surface area contributed by atoms with Gasteiger partial charge in [-0.05, 0) is 44.9 Å². The molecule has 0 rings (SSSR count). The molecule has 0 saturated carbocycles. The average molecular weight is 743 g/mol. The maximum absolute atomic E-state index is 12.4. The molecular formula is C42H79O8P. The zero-order valence-electron chi connectivity index (χ0n) is 33.0. The third kappa shape index (κ3) is 41.2. The number of phosphoric ester groups is 1. The normalized spacial score (nSPS) is 12.6. The summed E-state index contributed by atoms with van der Waals surface area (Å²) in [6, 6.07) is 0. The van der Waals surface area contributed by atoms with E-state index in [0.29, 0.717) is 6.42 Å². The molecule has 9 heteroatoms. The van der Waals surface area contributed by atoms with Gasteiger partial charge < -0.3 is 19.3 Å². The molecule has 0 aromatic rings. The second kappa shape index (κ2) is 38.3. The summed E-state index contributed by atoms with van der Waals surface area (Å²) in [6.45, 7) is 3.67. The van der Waals surface area contributed by atoms with Crippen LogP contribution in [0.2, 0.25) is 0 Å². The van der Waals surface area contributed by atoms with Crippen LogP contribution in [0.1, 0.15) is 213 Å². The molecule has 0 fully saturated rings. The minimum atomic E-state index is -4.75. The van der Waals surface area contributed by atoms with Crippen molar-refractivity contribution in [3.05, 3.63) is 24.3 Å². The number of ether oxygens (including phenoxy) is 2. The van der Waals surface area contributed by atoms with Gasteiger partial charge in [0, 0.05) is 12.8 Å². The number of esters is 2. The van der Waals surface area contributed by atoms with E-state index in [-0.39, 0.29) is 19.4 Å². The molecule has 0 aliphatic rings. The molecule has 300 valence electrons. The third-order valence-electron chi connectivity index (χ3n) is 9.22. The minimum absolute atomic E-state index is 0.206. The van der Waals surface area contributed by atoms with Crippen molar-refractivity contribution in [3.63, 3.8) is 0 Å². The molecule has 0 heterocycles. The van der Waals surface area contributed by atoms with Crippen LogP contribution in [0.5, 0.6) is 0 Å². The van der Waals surface area contributed by atoms with Crippen LogP contribution in [-0.2, 0) is 28.2 Å². The lowest BCUT2D eigenvalue weighted by molar-refractivity contribution is -0.161. The van der Waals surface area contributed by atoms with E-state index in [1.807, 2.05) is 0 Å². The van der Waals surface area contributed by atoms with E-state index in [9.17, 15) is 14.2 Å². The average Bonchev–Trinajstić information content (AvgIpc) is 3.10. The number of unbranched alkanes of at least 4 members (excludes halogenated alkanes) is 25. The molecule has 2 N–H and O–H groups in total. The first-order valence-corrected chi connectivity index (χ1v) is 22.7. The van der Waals surface area contributed by atoms with Gasteiger partial charge in [-0.3, -0.25) is 14.1 Å². The highest BCUT2D eigenvalue weighted by atomic mass is 31.2. The molecule has 1 unspecified atom stereocenters. The van der Waals surface area contributed by atoms with Crippen LogP contribution in [0.25, 0.3) is 0 Å². The summed E-state index contributed by atoms with van der Waals surface area (Å²) in [7, 11) is -4.75. The SMILES string of the molecule is CCCCC/C=C\C/C=C\CCCCCCCCCC(=O)OC(COC(=O)CCCCCCCCCCCCCCCCCC)COP(=O)(O)O. The molecule has 0 aliphatic heterocycles. The summed E-state index contributed by atoms with van der Waals surface area (Å²) in [5, 5.41) is 0. The Morgan fingerprint density at radius 2 is 0.882 bits per heavy atom. The Balaban J connectivity index is 3.90. The monoisotopic (exact) mass is 743 g/mol. The number of hydrogen-bond donors (Lipinski definition) is 2. The lowest BCUT2D eigenvalue weighted by Gasteiger charge is -2.18. The van der Waals surface area contributed by atoms with Gasteiger partial charge in [0.05, 0.1) is 6.61 Å². The van der Waals surface area contributed by atoms with E-state index < -0.39 is 32.5 Å². The van der Waals surface area contributed by atoms with Crippen molar-refractivity contribution < 1.29 is 37.9 Å². The van der Waals surface area contributed by atoms with Gasteiger partial charge in [0.2, 0.25) is 0 Å². The van der Waals surface area contributed by atoms with Crippen LogP contribution in [0.3, 0.4) is 0 Å². The molecule has 0 aromatic heterocycles. The minimum Gasteiger partial charge on any atom is -0.462 e. The Labute approximate surface area is 313 Å². The molecule has 0 radical (unpaired) electrons. The van der Waals surface area contributed by atoms with Crippen LogP contribution in [0.4, 0.5) is 0 Å². The van der Waals surface area contributed by atoms with Gasteiger partial charge in [0.1, 0.15) is 6.61 Å². The van der Waals surface area contributed by atoms with Crippen LogP contribution in [0.15, 0.2) is 24.3 Å². The summed E-state index contributed by atoms with van der Waals surface area (Å²) >= 11 is 0. The Hall–Kier alpha value is -1.47. The topological polar surface area (TPSA) is 119 Å². The van der Waals surface area contributed by atoms with E-state index in [0.717, 1.165) is 51.4 Å². The number of hydrogen-bond acceptors (Lipinski definition) is 6. The van der Waals surface area contributed by atoms with E-state index in [1.54, 1.807) is 0 Å². The van der Waals surface area contributed by atoms with Gasteiger partial charge in [-0.1, -0.05) is 179 Å². The number of allylic oxidation sites excluding steroid dienone is 4. The van der Waals surface area contributed by atoms with Crippen molar-refractivity contribution in [1.29, 1.82) is 0 Å². The number of phosphoric acid groups is 1. The summed E-state index contributed by atoms with van der Waals surface area (Å²) in [6.07, 6.45) is 43.2. The highest BCUT2D eigenvalue weighted by molar-refractivity contribution is 7.46. The van der Waals surface area contributed by atoms with Crippen molar-refractivity contribution in [3.8, 4) is 0 Å². The molecule has 1 atom stereocenters. The molecule has 0 saturated heterocycles. The Morgan fingerprint density at radius 3 is 1.33 bits per heavy atom. The lowest BCUT2D eigenvalue weighted by atomic mass is 10.0. The highest BCUT2D eigenvalue weighted by Gasteiger charge is 2.22. The van der Waals surface area contributed by atoms with Crippen LogP contribution >= 0.6 is 7.82 Å². The summed E-state index contributed by atoms with van der Waals surface area (Å²) in [5.74, 6) is -0.885. The fourth-order valence-corrected chi connectivity index (χ4v) is 6.41.